The molecule has 0 fully saturated rings. The Hall–Kier alpha value is -2.37. The van der Waals surface area contributed by atoms with Gasteiger partial charge < -0.3 is 14.8 Å². The van der Waals surface area contributed by atoms with E-state index in [2.05, 4.69) is 15.6 Å². The van der Waals surface area contributed by atoms with E-state index in [9.17, 15) is 13.2 Å². The average Bonchev–Trinajstić information content (AvgIpc) is 3.08. The summed E-state index contributed by atoms with van der Waals surface area (Å²) in [5, 5.41) is 5.38. The molecular weight excluding hydrogens is 416 g/mol. The van der Waals surface area contributed by atoms with Crippen LogP contribution in [-0.4, -0.2) is 49.8 Å². The summed E-state index contributed by atoms with van der Waals surface area (Å²) < 4.78 is 36.7. The Kier molecular flexibility index (Phi) is 6.30. The Bertz CT molecular complexity index is 1000. The summed E-state index contributed by atoms with van der Waals surface area (Å²) in [7, 11) is -0.264. The van der Waals surface area contributed by atoms with Gasteiger partial charge in [0, 0.05) is 36.1 Å². The number of urea groups is 1. The molecule has 158 valence electrons. The number of hydrogen-bond donors (Lipinski definition) is 2. The number of ether oxygens (including phenoxy) is 2. The number of amides is 2. The highest BCUT2D eigenvalue weighted by Gasteiger charge is 2.31. The Labute approximate surface area is 174 Å². The van der Waals surface area contributed by atoms with Crippen molar-refractivity contribution >= 4 is 38.2 Å². The third-order valence-corrected chi connectivity index (χ3v) is 7.73. The molecule has 2 heterocycles. The van der Waals surface area contributed by atoms with Crippen LogP contribution < -0.4 is 20.1 Å². The van der Waals surface area contributed by atoms with Gasteiger partial charge in [-0.25, -0.2) is 18.2 Å². The molecule has 2 N–H and O–H groups in total. The molecule has 1 aromatic carbocycles. The molecule has 0 saturated heterocycles. The van der Waals surface area contributed by atoms with Crippen LogP contribution in [0.15, 0.2) is 18.2 Å². The highest BCUT2D eigenvalue weighted by atomic mass is 32.2. The van der Waals surface area contributed by atoms with E-state index in [1.54, 1.807) is 32.0 Å². The number of methoxy groups -OCH3 is 2. The van der Waals surface area contributed by atoms with Crippen molar-refractivity contribution in [2.75, 3.05) is 31.4 Å². The molecule has 0 unspecified atom stereocenters. The monoisotopic (exact) mass is 440 g/mol. The predicted molar refractivity (Wildman–Crippen MR) is 112 cm³/mol. The zero-order valence-corrected chi connectivity index (χ0v) is 18.3. The van der Waals surface area contributed by atoms with Gasteiger partial charge in [-0.2, -0.15) is 4.31 Å². The minimum absolute atomic E-state index is 0.284. The van der Waals surface area contributed by atoms with Gasteiger partial charge in [0.25, 0.3) is 0 Å². The molecule has 1 aliphatic heterocycles. The fourth-order valence-corrected chi connectivity index (χ4v) is 5.27. The number of nitrogens with one attached hydrogen (secondary N) is 2. The molecule has 0 spiro atoms. The van der Waals surface area contributed by atoms with Gasteiger partial charge >= 0.3 is 6.03 Å². The second-order valence-electron chi connectivity index (χ2n) is 6.72. The Balaban J connectivity index is 1.67. The van der Waals surface area contributed by atoms with E-state index in [0.717, 1.165) is 10.6 Å². The number of fused-ring (bicyclic) bond motifs is 1. The summed E-state index contributed by atoms with van der Waals surface area (Å²) in [6.07, 6.45) is 0.525. The lowest BCUT2D eigenvalue weighted by Gasteiger charge is -2.26. The highest BCUT2D eigenvalue weighted by Crippen LogP contribution is 2.31. The first-order chi connectivity index (χ1) is 13.7. The van der Waals surface area contributed by atoms with Crippen LogP contribution in [0, 0.1) is 0 Å². The number of nitrogens with zero attached hydrogens (tertiary/aromatic N) is 2. The molecule has 2 amide bonds. The van der Waals surface area contributed by atoms with Crippen LogP contribution in [0.3, 0.4) is 0 Å². The van der Waals surface area contributed by atoms with Gasteiger partial charge in [-0.1, -0.05) is 11.3 Å². The average molecular weight is 441 g/mol. The smallest absolute Gasteiger partial charge is 0.325 e. The first-order valence-electron chi connectivity index (χ1n) is 9.02. The molecule has 11 heteroatoms. The number of sulfonamides is 1. The summed E-state index contributed by atoms with van der Waals surface area (Å²) in [5.41, 5.74) is 1.36. The van der Waals surface area contributed by atoms with Crippen molar-refractivity contribution in [2.45, 2.75) is 32.1 Å². The summed E-state index contributed by atoms with van der Waals surface area (Å²) in [6, 6.07) is 4.60. The lowest BCUT2D eigenvalue weighted by Crippen LogP contribution is -2.39. The summed E-state index contributed by atoms with van der Waals surface area (Å²) in [4.78, 5) is 17.6. The van der Waals surface area contributed by atoms with Crippen molar-refractivity contribution in [1.29, 1.82) is 0 Å². The standard InChI is InChI=1S/C18H24N4O5S2/c1-11(2)29(24,25)22-8-7-13-16(10-22)28-18(20-13)21-17(23)19-12-5-6-14(26-3)15(9-12)27-4/h5-6,9,11H,7-8,10H2,1-4H3,(H2,19,20,21,23). The predicted octanol–water partition coefficient (Wildman–Crippen LogP) is 2.90. The minimum atomic E-state index is -3.32. The molecule has 2 aromatic rings. The lowest BCUT2D eigenvalue weighted by molar-refractivity contribution is 0.262. The highest BCUT2D eigenvalue weighted by molar-refractivity contribution is 7.89. The van der Waals surface area contributed by atoms with Crippen molar-refractivity contribution < 1.29 is 22.7 Å². The Morgan fingerprint density at radius 3 is 2.59 bits per heavy atom. The summed E-state index contributed by atoms with van der Waals surface area (Å²) in [5.74, 6) is 1.06. The van der Waals surface area contributed by atoms with E-state index < -0.39 is 21.3 Å². The van der Waals surface area contributed by atoms with Crippen molar-refractivity contribution in [2.24, 2.45) is 0 Å². The van der Waals surface area contributed by atoms with E-state index in [1.807, 2.05) is 0 Å². The van der Waals surface area contributed by atoms with Crippen molar-refractivity contribution in [3.8, 4) is 11.5 Å². The quantitative estimate of drug-likeness (QED) is 0.715. The zero-order valence-electron chi connectivity index (χ0n) is 16.7. The van der Waals surface area contributed by atoms with Crippen LogP contribution in [0.1, 0.15) is 24.4 Å². The fourth-order valence-electron chi connectivity index (χ4n) is 2.91. The number of carbonyl (C=O) groups is 1. The minimum Gasteiger partial charge on any atom is -0.493 e. The van der Waals surface area contributed by atoms with Gasteiger partial charge in [-0.05, 0) is 26.0 Å². The van der Waals surface area contributed by atoms with Crippen LogP contribution in [0.25, 0.3) is 0 Å². The van der Waals surface area contributed by atoms with Gasteiger partial charge in [0.15, 0.2) is 16.6 Å². The van der Waals surface area contributed by atoms with Gasteiger partial charge in [-0.15, -0.1) is 0 Å². The van der Waals surface area contributed by atoms with Crippen molar-refractivity contribution in [3.63, 3.8) is 0 Å². The van der Waals surface area contributed by atoms with Gasteiger partial charge in [0.2, 0.25) is 10.0 Å². The van der Waals surface area contributed by atoms with E-state index in [1.165, 1.54) is 29.9 Å². The molecule has 0 radical (unpaired) electrons. The lowest BCUT2D eigenvalue weighted by atomic mass is 10.2. The summed E-state index contributed by atoms with van der Waals surface area (Å²) >= 11 is 1.29. The number of hydrogen-bond acceptors (Lipinski definition) is 7. The van der Waals surface area contributed by atoms with Crippen LogP contribution in [0.5, 0.6) is 11.5 Å². The molecule has 29 heavy (non-hydrogen) atoms. The maximum atomic E-state index is 12.4. The van der Waals surface area contributed by atoms with Crippen molar-refractivity contribution in [3.05, 3.63) is 28.8 Å². The molecule has 0 atom stereocenters. The maximum absolute atomic E-state index is 12.4. The number of anilines is 2. The van der Waals surface area contributed by atoms with E-state index >= 15 is 0 Å². The van der Waals surface area contributed by atoms with Crippen LogP contribution in [0.4, 0.5) is 15.6 Å². The molecule has 1 aliphatic rings. The Morgan fingerprint density at radius 2 is 1.93 bits per heavy atom. The maximum Gasteiger partial charge on any atom is 0.325 e. The first kappa shape index (κ1) is 21.3. The normalized spacial score (nSPS) is 14.4. The number of carbonyl (C=O) groups excluding carboxylic acids is 1. The molecule has 0 aliphatic carbocycles. The van der Waals surface area contributed by atoms with E-state index in [-0.39, 0.29) is 6.54 Å². The molecule has 0 saturated carbocycles. The molecule has 0 bridgehead atoms. The van der Waals surface area contributed by atoms with Gasteiger partial charge in [0.05, 0.1) is 25.2 Å². The second kappa shape index (κ2) is 8.56. The van der Waals surface area contributed by atoms with Crippen LogP contribution in [-0.2, 0) is 23.0 Å². The number of thiazole rings is 1. The third kappa shape index (κ3) is 4.62. The fraction of sp³-hybridized carbons (Fsp3) is 0.444. The third-order valence-electron chi connectivity index (χ3n) is 4.51. The SMILES string of the molecule is COc1ccc(NC(=O)Nc2nc3c(s2)CN(S(=O)(=O)C(C)C)CC3)cc1OC. The van der Waals surface area contributed by atoms with E-state index in [0.29, 0.717) is 35.3 Å². The number of benzene rings is 1. The molecular formula is C18H24N4O5S2. The second-order valence-corrected chi connectivity index (χ2v) is 10.3. The van der Waals surface area contributed by atoms with Crippen LogP contribution in [0.2, 0.25) is 0 Å². The largest absolute Gasteiger partial charge is 0.493 e. The molecule has 9 nitrogen and oxygen atoms in total. The molecule has 1 aromatic heterocycles. The zero-order chi connectivity index (χ0) is 21.2. The molecule has 3 rings (SSSR count). The Morgan fingerprint density at radius 1 is 1.21 bits per heavy atom. The van der Waals surface area contributed by atoms with Gasteiger partial charge in [-0.3, -0.25) is 5.32 Å². The van der Waals surface area contributed by atoms with Gasteiger partial charge in [0.1, 0.15) is 0 Å². The van der Waals surface area contributed by atoms with Crippen molar-refractivity contribution in [1.82, 2.24) is 9.29 Å². The van der Waals surface area contributed by atoms with Crippen LogP contribution >= 0.6 is 11.3 Å². The number of aromatic nitrogens is 1. The topological polar surface area (TPSA) is 110 Å². The first-order valence-corrected chi connectivity index (χ1v) is 11.3. The summed E-state index contributed by atoms with van der Waals surface area (Å²) in [6.45, 7) is 4.02. The van der Waals surface area contributed by atoms with E-state index in [4.69, 9.17) is 9.47 Å². The number of rotatable bonds is 6.